The average molecular weight is 260 g/mol. The summed E-state index contributed by atoms with van der Waals surface area (Å²) in [5, 5.41) is 3.51. The fourth-order valence-corrected chi connectivity index (χ4v) is 2.51. The molecule has 0 atom stereocenters. The van der Waals surface area contributed by atoms with Gasteiger partial charge in [0.25, 0.3) is 0 Å². The molecule has 106 valence electrons. The predicted molar refractivity (Wildman–Crippen MR) is 83.5 cm³/mol. The Hall–Kier alpha value is -1.02. The van der Waals surface area contributed by atoms with E-state index in [1.807, 2.05) is 0 Å². The molecule has 1 aliphatic rings. The van der Waals surface area contributed by atoms with Crippen LogP contribution in [0.4, 0.5) is 5.69 Å². The molecule has 1 saturated heterocycles. The van der Waals surface area contributed by atoms with Crippen molar-refractivity contribution in [2.24, 2.45) is 5.41 Å². The van der Waals surface area contributed by atoms with E-state index in [1.165, 1.54) is 43.6 Å². The summed E-state index contributed by atoms with van der Waals surface area (Å²) in [6.07, 6.45) is 3.93. The molecule has 0 spiro atoms. The molecule has 1 N–H and O–H groups in total. The lowest BCUT2D eigenvalue weighted by molar-refractivity contribution is 0.331. The van der Waals surface area contributed by atoms with E-state index in [-0.39, 0.29) is 0 Å². The standard InChI is InChI=1S/C17H28N2/c1-17(2,3)10-11-18-16-8-6-15(7-9-16)14-19-12-4-5-13-19/h6-9,18H,4-5,10-14H2,1-3H3. The Bertz CT molecular complexity index is 369. The van der Waals surface area contributed by atoms with Crippen LogP contribution >= 0.6 is 0 Å². The Morgan fingerprint density at radius 1 is 1.05 bits per heavy atom. The quantitative estimate of drug-likeness (QED) is 0.856. The van der Waals surface area contributed by atoms with Crippen molar-refractivity contribution in [1.29, 1.82) is 0 Å². The molecule has 2 nitrogen and oxygen atoms in total. The number of rotatable bonds is 5. The largest absolute Gasteiger partial charge is 0.385 e. The van der Waals surface area contributed by atoms with Gasteiger partial charge in [-0.2, -0.15) is 0 Å². The van der Waals surface area contributed by atoms with Gasteiger partial charge in [-0.3, -0.25) is 4.90 Å². The zero-order chi connectivity index (χ0) is 13.7. The summed E-state index contributed by atoms with van der Waals surface area (Å²) in [6.45, 7) is 11.6. The van der Waals surface area contributed by atoms with Crippen LogP contribution in [0, 0.1) is 5.41 Å². The zero-order valence-electron chi connectivity index (χ0n) is 12.7. The van der Waals surface area contributed by atoms with E-state index in [0.29, 0.717) is 5.41 Å². The maximum Gasteiger partial charge on any atom is 0.0340 e. The Labute approximate surface area is 118 Å². The van der Waals surface area contributed by atoms with Crippen LogP contribution in [0.3, 0.4) is 0 Å². The van der Waals surface area contributed by atoms with E-state index < -0.39 is 0 Å². The van der Waals surface area contributed by atoms with Gasteiger partial charge < -0.3 is 5.32 Å². The van der Waals surface area contributed by atoms with Crippen molar-refractivity contribution in [2.45, 2.75) is 46.6 Å². The number of likely N-dealkylation sites (tertiary alicyclic amines) is 1. The Balaban J connectivity index is 1.77. The van der Waals surface area contributed by atoms with Crippen LogP contribution in [0.25, 0.3) is 0 Å². The van der Waals surface area contributed by atoms with E-state index in [0.717, 1.165) is 13.1 Å². The summed E-state index contributed by atoms with van der Waals surface area (Å²) in [4.78, 5) is 2.54. The number of hydrogen-bond acceptors (Lipinski definition) is 2. The van der Waals surface area contributed by atoms with Crippen molar-refractivity contribution in [1.82, 2.24) is 4.90 Å². The third kappa shape index (κ3) is 5.23. The summed E-state index contributed by atoms with van der Waals surface area (Å²) in [6, 6.07) is 8.96. The van der Waals surface area contributed by atoms with E-state index in [4.69, 9.17) is 0 Å². The minimum Gasteiger partial charge on any atom is -0.385 e. The Morgan fingerprint density at radius 2 is 1.68 bits per heavy atom. The molecule has 1 aromatic rings. The number of nitrogens with zero attached hydrogens (tertiary/aromatic N) is 1. The molecule has 0 saturated carbocycles. The van der Waals surface area contributed by atoms with E-state index in [9.17, 15) is 0 Å². The predicted octanol–water partition coefficient (Wildman–Crippen LogP) is 4.13. The lowest BCUT2D eigenvalue weighted by Gasteiger charge is -2.19. The molecule has 0 bridgehead atoms. The highest BCUT2D eigenvalue weighted by Gasteiger charge is 2.11. The molecule has 19 heavy (non-hydrogen) atoms. The maximum absolute atomic E-state index is 3.51. The fourth-order valence-electron chi connectivity index (χ4n) is 2.51. The molecular weight excluding hydrogens is 232 g/mol. The monoisotopic (exact) mass is 260 g/mol. The molecule has 0 aromatic heterocycles. The summed E-state index contributed by atoms with van der Waals surface area (Å²) >= 11 is 0. The fraction of sp³-hybridized carbons (Fsp3) is 0.647. The first kappa shape index (κ1) is 14.4. The van der Waals surface area contributed by atoms with E-state index >= 15 is 0 Å². The molecule has 0 aliphatic carbocycles. The van der Waals surface area contributed by atoms with E-state index in [1.54, 1.807) is 0 Å². The molecule has 0 amide bonds. The molecule has 1 heterocycles. The van der Waals surface area contributed by atoms with Crippen LogP contribution in [0.5, 0.6) is 0 Å². The minimum atomic E-state index is 0.405. The maximum atomic E-state index is 3.51. The highest BCUT2D eigenvalue weighted by Crippen LogP contribution is 2.19. The van der Waals surface area contributed by atoms with Gasteiger partial charge in [0.2, 0.25) is 0 Å². The van der Waals surface area contributed by atoms with Crippen molar-refractivity contribution < 1.29 is 0 Å². The van der Waals surface area contributed by atoms with Gasteiger partial charge in [-0.25, -0.2) is 0 Å². The molecule has 0 unspecified atom stereocenters. The van der Waals surface area contributed by atoms with Gasteiger partial charge in [0.15, 0.2) is 0 Å². The molecule has 2 rings (SSSR count). The van der Waals surface area contributed by atoms with Gasteiger partial charge in [-0.05, 0) is 55.5 Å². The van der Waals surface area contributed by atoms with E-state index in [2.05, 4.69) is 55.3 Å². The minimum absolute atomic E-state index is 0.405. The summed E-state index contributed by atoms with van der Waals surface area (Å²) in [5.74, 6) is 0. The summed E-state index contributed by atoms with van der Waals surface area (Å²) < 4.78 is 0. The summed E-state index contributed by atoms with van der Waals surface area (Å²) in [7, 11) is 0. The van der Waals surface area contributed by atoms with Gasteiger partial charge in [0.1, 0.15) is 0 Å². The molecule has 1 fully saturated rings. The Kier molecular flexibility index (Phi) is 4.87. The lowest BCUT2D eigenvalue weighted by atomic mass is 9.92. The Morgan fingerprint density at radius 3 is 2.26 bits per heavy atom. The molecular formula is C17H28N2. The number of nitrogens with one attached hydrogen (secondary N) is 1. The van der Waals surface area contributed by atoms with Gasteiger partial charge in [-0.1, -0.05) is 32.9 Å². The molecule has 1 aliphatic heterocycles. The first-order valence-corrected chi connectivity index (χ1v) is 7.58. The van der Waals surface area contributed by atoms with Gasteiger partial charge >= 0.3 is 0 Å². The number of anilines is 1. The van der Waals surface area contributed by atoms with Crippen LogP contribution in [0.1, 0.15) is 45.6 Å². The van der Waals surface area contributed by atoms with Crippen molar-refractivity contribution in [3.63, 3.8) is 0 Å². The van der Waals surface area contributed by atoms with Crippen LogP contribution in [0.2, 0.25) is 0 Å². The third-order valence-electron chi connectivity index (χ3n) is 3.76. The van der Waals surface area contributed by atoms with Crippen LogP contribution in [-0.4, -0.2) is 24.5 Å². The van der Waals surface area contributed by atoms with Crippen molar-refractivity contribution in [3.05, 3.63) is 29.8 Å². The average Bonchev–Trinajstić information content (AvgIpc) is 2.83. The highest BCUT2D eigenvalue weighted by molar-refractivity contribution is 5.44. The van der Waals surface area contributed by atoms with Crippen molar-refractivity contribution >= 4 is 5.69 Å². The lowest BCUT2D eigenvalue weighted by Crippen LogP contribution is -2.18. The van der Waals surface area contributed by atoms with Crippen molar-refractivity contribution in [3.8, 4) is 0 Å². The SMILES string of the molecule is CC(C)(C)CCNc1ccc(CN2CCCC2)cc1. The zero-order valence-corrected chi connectivity index (χ0v) is 12.7. The van der Waals surface area contributed by atoms with Crippen LogP contribution in [0.15, 0.2) is 24.3 Å². The van der Waals surface area contributed by atoms with Gasteiger partial charge in [-0.15, -0.1) is 0 Å². The number of benzene rings is 1. The second kappa shape index (κ2) is 6.42. The number of hydrogen-bond donors (Lipinski definition) is 1. The first-order valence-electron chi connectivity index (χ1n) is 7.58. The van der Waals surface area contributed by atoms with Gasteiger partial charge in [0.05, 0.1) is 0 Å². The second-order valence-electron chi connectivity index (χ2n) is 6.92. The van der Waals surface area contributed by atoms with Crippen LogP contribution < -0.4 is 5.32 Å². The van der Waals surface area contributed by atoms with Gasteiger partial charge in [0, 0.05) is 18.8 Å². The smallest absolute Gasteiger partial charge is 0.0340 e. The second-order valence-corrected chi connectivity index (χ2v) is 6.92. The van der Waals surface area contributed by atoms with Crippen LogP contribution in [-0.2, 0) is 6.54 Å². The normalized spacial score (nSPS) is 16.8. The third-order valence-corrected chi connectivity index (χ3v) is 3.76. The molecule has 0 radical (unpaired) electrons. The summed E-state index contributed by atoms with van der Waals surface area (Å²) in [5.41, 5.74) is 3.08. The van der Waals surface area contributed by atoms with Crippen molar-refractivity contribution in [2.75, 3.05) is 25.0 Å². The topological polar surface area (TPSA) is 15.3 Å². The molecule has 1 aromatic carbocycles. The first-order chi connectivity index (χ1) is 9.03. The molecule has 2 heteroatoms. The highest BCUT2D eigenvalue weighted by atomic mass is 15.1.